The number of carbonyl (C=O) groups is 1. The van der Waals surface area contributed by atoms with E-state index in [1.54, 1.807) is 18.2 Å². The molecule has 2 aromatic carbocycles. The zero-order valence-corrected chi connectivity index (χ0v) is 12.2. The van der Waals surface area contributed by atoms with Gasteiger partial charge in [-0.3, -0.25) is 4.79 Å². The van der Waals surface area contributed by atoms with Gasteiger partial charge in [0, 0.05) is 15.7 Å². The van der Waals surface area contributed by atoms with E-state index in [9.17, 15) is 9.18 Å². The fourth-order valence-corrected chi connectivity index (χ4v) is 2.13. The molecule has 0 aliphatic rings. The average Bonchev–Trinajstić information content (AvgIpc) is 2.41. The molecule has 4 nitrogen and oxygen atoms in total. The SMILES string of the molecule is COc1ccc(C(=O)Nc2ccc(N)cc2Br)cc1F. The van der Waals surface area contributed by atoms with Gasteiger partial charge < -0.3 is 15.8 Å². The van der Waals surface area contributed by atoms with Crippen LogP contribution >= 0.6 is 15.9 Å². The number of benzene rings is 2. The van der Waals surface area contributed by atoms with E-state index in [-0.39, 0.29) is 11.3 Å². The summed E-state index contributed by atoms with van der Waals surface area (Å²) in [5.41, 5.74) is 6.95. The van der Waals surface area contributed by atoms with E-state index in [4.69, 9.17) is 10.5 Å². The molecule has 0 atom stereocenters. The number of methoxy groups -OCH3 is 1. The van der Waals surface area contributed by atoms with Crippen molar-refractivity contribution in [3.05, 3.63) is 52.3 Å². The molecule has 0 fully saturated rings. The fourth-order valence-electron chi connectivity index (χ4n) is 1.63. The third kappa shape index (κ3) is 3.08. The van der Waals surface area contributed by atoms with E-state index >= 15 is 0 Å². The molecule has 6 heteroatoms. The van der Waals surface area contributed by atoms with Crippen LogP contribution in [0.15, 0.2) is 40.9 Å². The first kappa shape index (κ1) is 14.3. The number of ether oxygens (including phenoxy) is 1. The van der Waals surface area contributed by atoms with Crippen molar-refractivity contribution in [1.29, 1.82) is 0 Å². The lowest BCUT2D eigenvalue weighted by Crippen LogP contribution is -2.12. The van der Waals surface area contributed by atoms with E-state index in [2.05, 4.69) is 21.2 Å². The molecule has 0 saturated heterocycles. The van der Waals surface area contributed by atoms with Crippen molar-refractivity contribution < 1.29 is 13.9 Å². The Balaban J connectivity index is 2.21. The largest absolute Gasteiger partial charge is 0.494 e. The van der Waals surface area contributed by atoms with Gasteiger partial charge in [0.05, 0.1) is 12.8 Å². The Morgan fingerprint density at radius 1 is 1.30 bits per heavy atom. The summed E-state index contributed by atoms with van der Waals surface area (Å²) < 4.78 is 19.0. The van der Waals surface area contributed by atoms with Crippen molar-refractivity contribution in [2.24, 2.45) is 0 Å². The van der Waals surface area contributed by atoms with Crippen LogP contribution in [0.25, 0.3) is 0 Å². The number of hydrogen-bond acceptors (Lipinski definition) is 3. The molecule has 20 heavy (non-hydrogen) atoms. The lowest BCUT2D eigenvalue weighted by atomic mass is 10.2. The van der Waals surface area contributed by atoms with Crippen molar-refractivity contribution >= 4 is 33.2 Å². The highest BCUT2D eigenvalue weighted by Gasteiger charge is 2.11. The molecule has 2 rings (SSSR count). The minimum atomic E-state index is -0.587. The third-order valence-electron chi connectivity index (χ3n) is 2.66. The molecule has 0 radical (unpaired) electrons. The van der Waals surface area contributed by atoms with Crippen LogP contribution in [0, 0.1) is 5.82 Å². The van der Waals surface area contributed by atoms with Gasteiger partial charge in [-0.1, -0.05) is 0 Å². The van der Waals surface area contributed by atoms with E-state index in [1.807, 2.05) is 0 Å². The summed E-state index contributed by atoms with van der Waals surface area (Å²) in [5, 5.41) is 2.67. The molecule has 0 aromatic heterocycles. The molecule has 104 valence electrons. The second-order valence-electron chi connectivity index (χ2n) is 4.04. The summed E-state index contributed by atoms with van der Waals surface area (Å²) in [4.78, 5) is 12.0. The fraction of sp³-hybridized carbons (Fsp3) is 0.0714. The van der Waals surface area contributed by atoms with E-state index in [0.29, 0.717) is 15.8 Å². The van der Waals surface area contributed by atoms with Crippen molar-refractivity contribution in [3.63, 3.8) is 0 Å². The van der Waals surface area contributed by atoms with Gasteiger partial charge in [-0.25, -0.2) is 4.39 Å². The Bertz CT molecular complexity index is 662. The van der Waals surface area contributed by atoms with Gasteiger partial charge in [-0.2, -0.15) is 0 Å². The van der Waals surface area contributed by atoms with Gasteiger partial charge in [0.2, 0.25) is 0 Å². The molecule has 0 bridgehead atoms. The molecule has 0 heterocycles. The summed E-state index contributed by atoms with van der Waals surface area (Å²) >= 11 is 3.30. The summed E-state index contributed by atoms with van der Waals surface area (Å²) in [6.07, 6.45) is 0. The lowest BCUT2D eigenvalue weighted by molar-refractivity contribution is 0.102. The highest BCUT2D eigenvalue weighted by Crippen LogP contribution is 2.25. The number of amides is 1. The van der Waals surface area contributed by atoms with E-state index < -0.39 is 11.7 Å². The lowest BCUT2D eigenvalue weighted by Gasteiger charge is -2.09. The maximum atomic E-state index is 13.6. The third-order valence-corrected chi connectivity index (χ3v) is 3.31. The summed E-state index contributed by atoms with van der Waals surface area (Å²) in [6, 6.07) is 9.01. The quantitative estimate of drug-likeness (QED) is 0.842. The average molecular weight is 339 g/mol. The van der Waals surface area contributed by atoms with E-state index in [0.717, 1.165) is 6.07 Å². The van der Waals surface area contributed by atoms with Gasteiger partial charge in [-0.05, 0) is 52.3 Å². The predicted molar refractivity (Wildman–Crippen MR) is 79.5 cm³/mol. The second-order valence-corrected chi connectivity index (χ2v) is 4.90. The van der Waals surface area contributed by atoms with Crippen LogP contribution < -0.4 is 15.8 Å². The monoisotopic (exact) mass is 338 g/mol. The Hall–Kier alpha value is -2.08. The van der Waals surface area contributed by atoms with Gasteiger partial charge in [0.25, 0.3) is 5.91 Å². The molecule has 1 amide bonds. The van der Waals surface area contributed by atoms with Crippen molar-refractivity contribution in [2.75, 3.05) is 18.2 Å². The standard InChI is InChI=1S/C14H12BrFN2O2/c1-20-13-5-2-8(6-11(13)16)14(19)18-12-4-3-9(17)7-10(12)15/h2-7H,17H2,1H3,(H,18,19). The smallest absolute Gasteiger partial charge is 0.255 e. The van der Waals surface area contributed by atoms with Crippen molar-refractivity contribution in [3.8, 4) is 5.75 Å². The number of nitrogens with one attached hydrogen (secondary N) is 1. The zero-order valence-electron chi connectivity index (χ0n) is 10.6. The number of halogens is 2. The molecule has 3 N–H and O–H groups in total. The molecule has 0 saturated carbocycles. The topological polar surface area (TPSA) is 64.3 Å². The normalized spacial score (nSPS) is 10.2. The van der Waals surface area contributed by atoms with Crippen LogP contribution in [-0.4, -0.2) is 13.0 Å². The molecule has 0 aliphatic heterocycles. The number of hydrogen-bond donors (Lipinski definition) is 2. The molecule has 2 aromatic rings. The minimum Gasteiger partial charge on any atom is -0.494 e. The Kier molecular flexibility index (Phi) is 4.24. The highest BCUT2D eigenvalue weighted by molar-refractivity contribution is 9.10. The van der Waals surface area contributed by atoms with Crippen molar-refractivity contribution in [2.45, 2.75) is 0 Å². The van der Waals surface area contributed by atoms with Crippen LogP contribution in [0.3, 0.4) is 0 Å². The van der Waals surface area contributed by atoms with Crippen molar-refractivity contribution in [1.82, 2.24) is 0 Å². The van der Waals surface area contributed by atoms with Crippen LogP contribution in [0.4, 0.5) is 15.8 Å². The van der Waals surface area contributed by atoms with Gasteiger partial charge in [-0.15, -0.1) is 0 Å². The predicted octanol–water partition coefficient (Wildman–Crippen LogP) is 3.43. The number of nitrogen functional groups attached to an aromatic ring is 1. The number of anilines is 2. The van der Waals surface area contributed by atoms with E-state index in [1.165, 1.54) is 19.2 Å². The first-order valence-electron chi connectivity index (χ1n) is 5.71. The summed E-state index contributed by atoms with van der Waals surface area (Å²) in [5.74, 6) is -0.913. The molecule has 0 aliphatic carbocycles. The Morgan fingerprint density at radius 2 is 2.05 bits per heavy atom. The zero-order chi connectivity index (χ0) is 14.7. The van der Waals surface area contributed by atoms with Crippen LogP contribution in [0.1, 0.15) is 10.4 Å². The van der Waals surface area contributed by atoms with Crippen LogP contribution in [0.5, 0.6) is 5.75 Å². The summed E-state index contributed by atoms with van der Waals surface area (Å²) in [7, 11) is 1.36. The minimum absolute atomic E-state index is 0.0928. The number of rotatable bonds is 3. The first-order valence-corrected chi connectivity index (χ1v) is 6.50. The second kappa shape index (κ2) is 5.92. The molecule has 0 unspecified atom stereocenters. The Labute approximate surface area is 123 Å². The van der Waals surface area contributed by atoms with Gasteiger partial charge in [0.1, 0.15) is 0 Å². The molecular weight excluding hydrogens is 327 g/mol. The summed E-state index contributed by atoms with van der Waals surface area (Å²) in [6.45, 7) is 0. The molecule has 0 spiro atoms. The maximum Gasteiger partial charge on any atom is 0.255 e. The molecular formula is C14H12BrFN2O2. The first-order chi connectivity index (χ1) is 9.51. The highest BCUT2D eigenvalue weighted by atomic mass is 79.9. The van der Waals surface area contributed by atoms with Gasteiger partial charge >= 0.3 is 0 Å². The number of carbonyl (C=O) groups excluding carboxylic acids is 1. The Morgan fingerprint density at radius 3 is 2.65 bits per heavy atom. The van der Waals surface area contributed by atoms with Crippen LogP contribution in [-0.2, 0) is 0 Å². The maximum absolute atomic E-state index is 13.6. The number of nitrogens with two attached hydrogens (primary N) is 1. The van der Waals surface area contributed by atoms with Gasteiger partial charge in [0.15, 0.2) is 11.6 Å². The van der Waals surface area contributed by atoms with Crippen LogP contribution in [0.2, 0.25) is 0 Å².